The number of rotatable bonds is 5. The first-order chi connectivity index (χ1) is 12.4. The van der Waals surface area contributed by atoms with E-state index in [2.05, 4.69) is 18.7 Å². The molecule has 0 aromatic heterocycles. The molecule has 2 rings (SSSR count). The SMILES string of the molecule is CC(C)N1CC(C)(C)OCC1OC=O.CC(C)N1CCOC[C@@]1(C)C(=O)O. The number of ether oxygens (including phenoxy) is 3. The van der Waals surface area contributed by atoms with E-state index in [0.29, 0.717) is 32.3 Å². The van der Waals surface area contributed by atoms with Crippen LogP contribution >= 0.6 is 0 Å². The Morgan fingerprint density at radius 2 is 1.85 bits per heavy atom. The van der Waals surface area contributed by atoms with E-state index in [1.807, 2.05) is 32.6 Å². The average Bonchev–Trinajstić information content (AvgIpc) is 2.57. The Morgan fingerprint density at radius 3 is 2.30 bits per heavy atom. The van der Waals surface area contributed by atoms with Crippen LogP contribution in [0.3, 0.4) is 0 Å². The molecule has 8 heteroatoms. The number of hydrogen-bond acceptors (Lipinski definition) is 7. The van der Waals surface area contributed by atoms with Gasteiger partial charge in [0.15, 0.2) is 6.23 Å². The first-order valence-electron chi connectivity index (χ1n) is 9.51. The van der Waals surface area contributed by atoms with Crippen LogP contribution in [0.2, 0.25) is 0 Å². The maximum absolute atomic E-state index is 11.1. The largest absolute Gasteiger partial charge is 0.480 e. The van der Waals surface area contributed by atoms with Crippen LogP contribution in [0.25, 0.3) is 0 Å². The summed E-state index contributed by atoms with van der Waals surface area (Å²) < 4.78 is 15.8. The summed E-state index contributed by atoms with van der Waals surface area (Å²) in [5.74, 6) is -0.805. The quantitative estimate of drug-likeness (QED) is 0.710. The van der Waals surface area contributed by atoms with Gasteiger partial charge >= 0.3 is 5.97 Å². The van der Waals surface area contributed by atoms with E-state index in [0.717, 1.165) is 6.54 Å². The molecule has 8 nitrogen and oxygen atoms in total. The van der Waals surface area contributed by atoms with Crippen molar-refractivity contribution in [2.45, 2.75) is 77.9 Å². The highest BCUT2D eigenvalue weighted by molar-refractivity contribution is 5.78. The second-order valence-corrected chi connectivity index (χ2v) is 8.44. The van der Waals surface area contributed by atoms with Crippen molar-refractivity contribution in [2.75, 3.05) is 32.9 Å². The van der Waals surface area contributed by atoms with Gasteiger partial charge in [0.25, 0.3) is 6.47 Å². The summed E-state index contributed by atoms with van der Waals surface area (Å²) in [6, 6.07) is 0.591. The van der Waals surface area contributed by atoms with E-state index < -0.39 is 11.5 Å². The van der Waals surface area contributed by atoms with Crippen molar-refractivity contribution < 1.29 is 28.9 Å². The molecule has 0 amide bonds. The number of hydrogen-bond donors (Lipinski definition) is 1. The van der Waals surface area contributed by atoms with E-state index in [1.165, 1.54) is 0 Å². The Kier molecular flexibility index (Phi) is 8.66. The molecule has 158 valence electrons. The molecule has 2 fully saturated rings. The molecule has 2 heterocycles. The van der Waals surface area contributed by atoms with E-state index in [1.54, 1.807) is 6.92 Å². The van der Waals surface area contributed by atoms with E-state index in [-0.39, 0.29) is 24.5 Å². The zero-order valence-electron chi connectivity index (χ0n) is 17.7. The Bertz CT molecular complexity index is 497. The highest BCUT2D eigenvalue weighted by atomic mass is 16.6. The number of morpholine rings is 2. The Hall–Kier alpha value is -1.22. The van der Waals surface area contributed by atoms with Crippen LogP contribution in [0.15, 0.2) is 0 Å². The van der Waals surface area contributed by atoms with Crippen molar-refractivity contribution in [2.24, 2.45) is 0 Å². The third-order valence-electron chi connectivity index (χ3n) is 5.00. The van der Waals surface area contributed by atoms with Gasteiger partial charge < -0.3 is 19.3 Å². The highest BCUT2D eigenvalue weighted by Crippen LogP contribution is 2.23. The summed E-state index contributed by atoms with van der Waals surface area (Å²) in [6.07, 6.45) is -0.236. The Balaban J connectivity index is 0.000000271. The van der Waals surface area contributed by atoms with Gasteiger partial charge in [-0.05, 0) is 48.5 Å². The minimum Gasteiger partial charge on any atom is -0.480 e. The summed E-state index contributed by atoms with van der Waals surface area (Å²) in [7, 11) is 0. The molecule has 2 saturated heterocycles. The standard InChI is InChI=1S/C10H19NO3.C9H17NO3/c1-8(2)11-6-10(3,4)14-5-9(11)13-7-12;1-7(2)10-4-5-13-6-9(10,3)8(11)12/h7-9H,5-6H2,1-4H3;7H,4-6H2,1-3H3,(H,11,12)/t;9-/m.0/s1. The number of carbonyl (C=O) groups is 2. The van der Waals surface area contributed by atoms with Crippen LogP contribution in [0.5, 0.6) is 0 Å². The second-order valence-electron chi connectivity index (χ2n) is 8.44. The van der Waals surface area contributed by atoms with Crippen molar-refractivity contribution in [1.82, 2.24) is 9.80 Å². The fourth-order valence-electron chi connectivity index (χ4n) is 3.45. The maximum Gasteiger partial charge on any atom is 0.326 e. The van der Waals surface area contributed by atoms with Gasteiger partial charge in [0.05, 0.1) is 25.4 Å². The van der Waals surface area contributed by atoms with Crippen LogP contribution in [-0.2, 0) is 23.8 Å². The van der Waals surface area contributed by atoms with Crippen LogP contribution in [0, 0.1) is 0 Å². The minimum absolute atomic E-state index is 0.160. The zero-order chi connectivity index (χ0) is 20.8. The Morgan fingerprint density at radius 1 is 1.22 bits per heavy atom. The van der Waals surface area contributed by atoms with Crippen LogP contribution in [-0.4, -0.2) is 89.7 Å². The molecule has 0 bridgehead atoms. The van der Waals surface area contributed by atoms with Crippen molar-refractivity contribution in [3.63, 3.8) is 0 Å². The van der Waals surface area contributed by atoms with Gasteiger partial charge in [-0.1, -0.05) is 0 Å². The number of aliphatic carboxylic acids is 1. The normalized spacial score (nSPS) is 29.1. The molecular formula is C19H36N2O6. The molecular weight excluding hydrogens is 352 g/mol. The summed E-state index contributed by atoms with van der Waals surface area (Å²) >= 11 is 0. The number of carboxylic acids is 1. The van der Waals surface area contributed by atoms with Crippen LogP contribution in [0.4, 0.5) is 0 Å². The van der Waals surface area contributed by atoms with E-state index in [9.17, 15) is 9.59 Å². The molecule has 0 radical (unpaired) electrons. The molecule has 1 N–H and O–H groups in total. The topological polar surface area (TPSA) is 88.5 Å². The number of carboxylic acid groups (broad SMARTS) is 1. The molecule has 2 atom stereocenters. The third kappa shape index (κ3) is 6.41. The third-order valence-corrected chi connectivity index (χ3v) is 5.00. The molecule has 0 spiro atoms. The lowest BCUT2D eigenvalue weighted by molar-refractivity contribution is -0.198. The van der Waals surface area contributed by atoms with Crippen molar-refractivity contribution >= 4 is 12.4 Å². The van der Waals surface area contributed by atoms with Gasteiger partial charge in [-0.2, -0.15) is 0 Å². The van der Waals surface area contributed by atoms with E-state index in [4.69, 9.17) is 19.3 Å². The summed E-state index contributed by atoms with van der Waals surface area (Å²) in [4.78, 5) is 25.5. The van der Waals surface area contributed by atoms with Crippen LogP contribution in [0.1, 0.15) is 48.5 Å². The fourth-order valence-corrected chi connectivity index (χ4v) is 3.45. The number of carbonyl (C=O) groups excluding carboxylic acids is 1. The van der Waals surface area contributed by atoms with Crippen molar-refractivity contribution in [3.8, 4) is 0 Å². The average molecular weight is 389 g/mol. The summed E-state index contributed by atoms with van der Waals surface area (Å²) in [5.41, 5.74) is -1.01. The molecule has 0 saturated carbocycles. The second kappa shape index (κ2) is 9.82. The van der Waals surface area contributed by atoms with Gasteiger partial charge in [0, 0.05) is 25.2 Å². The smallest absolute Gasteiger partial charge is 0.326 e. The number of nitrogens with zero attached hydrogens (tertiary/aromatic N) is 2. The first kappa shape index (κ1) is 23.8. The predicted molar refractivity (Wildman–Crippen MR) is 102 cm³/mol. The summed E-state index contributed by atoms with van der Waals surface area (Å²) in [5, 5.41) is 9.10. The van der Waals surface area contributed by atoms with Gasteiger partial charge in [-0.25, -0.2) is 0 Å². The fraction of sp³-hybridized carbons (Fsp3) is 0.895. The lowest BCUT2D eigenvalue weighted by Gasteiger charge is -2.44. The lowest BCUT2D eigenvalue weighted by Crippen LogP contribution is -2.61. The molecule has 0 aromatic rings. The zero-order valence-corrected chi connectivity index (χ0v) is 17.7. The van der Waals surface area contributed by atoms with E-state index >= 15 is 0 Å². The minimum atomic E-state index is -0.855. The van der Waals surface area contributed by atoms with Gasteiger partial charge in [0.1, 0.15) is 5.54 Å². The van der Waals surface area contributed by atoms with Crippen molar-refractivity contribution in [3.05, 3.63) is 0 Å². The first-order valence-corrected chi connectivity index (χ1v) is 9.51. The molecule has 27 heavy (non-hydrogen) atoms. The van der Waals surface area contributed by atoms with Gasteiger partial charge in [-0.15, -0.1) is 0 Å². The summed E-state index contributed by atoms with van der Waals surface area (Å²) in [6.45, 7) is 17.3. The maximum atomic E-state index is 11.1. The van der Waals surface area contributed by atoms with Crippen molar-refractivity contribution in [1.29, 1.82) is 0 Å². The van der Waals surface area contributed by atoms with Gasteiger partial charge in [0.2, 0.25) is 0 Å². The van der Waals surface area contributed by atoms with Crippen LogP contribution < -0.4 is 0 Å². The molecule has 2 aliphatic heterocycles. The highest BCUT2D eigenvalue weighted by Gasteiger charge is 2.43. The molecule has 0 aliphatic carbocycles. The monoisotopic (exact) mass is 388 g/mol. The lowest BCUT2D eigenvalue weighted by atomic mass is 9.98. The Labute approximate surface area is 162 Å². The predicted octanol–water partition coefficient (Wildman–Crippen LogP) is 1.58. The molecule has 2 aliphatic rings. The molecule has 1 unspecified atom stereocenters. The van der Waals surface area contributed by atoms with Gasteiger partial charge in [-0.3, -0.25) is 19.4 Å². The molecule has 0 aromatic carbocycles.